The van der Waals surface area contributed by atoms with Crippen LogP contribution in [-0.4, -0.2) is 35.4 Å². The summed E-state index contributed by atoms with van der Waals surface area (Å²) in [5, 5.41) is 2.89. The molecule has 29 heavy (non-hydrogen) atoms. The quantitative estimate of drug-likeness (QED) is 0.735. The van der Waals surface area contributed by atoms with E-state index in [1.54, 1.807) is 11.8 Å². The van der Waals surface area contributed by atoms with Crippen LogP contribution in [0.15, 0.2) is 42.5 Å². The molecule has 5 heteroatoms. The van der Waals surface area contributed by atoms with Crippen molar-refractivity contribution in [3.63, 3.8) is 0 Å². The summed E-state index contributed by atoms with van der Waals surface area (Å²) in [5.41, 5.74) is 4.28. The van der Waals surface area contributed by atoms with Crippen LogP contribution in [0.2, 0.25) is 0 Å². The van der Waals surface area contributed by atoms with Gasteiger partial charge in [-0.2, -0.15) is 0 Å². The molecule has 0 spiro atoms. The van der Waals surface area contributed by atoms with E-state index in [4.69, 9.17) is 4.74 Å². The van der Waals surface area contributed by atoms with Gasteiger partial charge in [0.25, 0.3) is 5.91 Å². The fraction of sp³-hybridized carbons (Fsp3) is 0.417. The Morgan fingerprint density at radius 1 is 0.931 bits per heavy atom. The zero-order chi connectivity index (χ0) is 21.6. The minimum absolute atomic E-state index is 0.00722. The van der Waals surface area contributed by atoms with Crippen molar-refractivity contribution in [1.82, 2.24) is 10.2 Å². The van der Waals surface area contributed by atoms with Crippen molar-refractivity contribution >= 4 is 11.8 Å². The molecule has 2 aromatic rings. The number of aryl methyl sites for hydroxylation is 3. The lowest BCUT2D eigenvalue weighted by Gasteiger charge is -2.29. The maximum absolute atomic E-state index is 13.0. The highest BCUT2D eigenvalue weighted by atomic mass is 16.5. The summed E-state index contributed by atoms with van der Waals surface area (Å²) in [6, 6.07) is 13.2. The Hall–Kier alpha value is -2.82. The first-order valence-corrected chi connectivity index (χ1v) is 10.0. The van der Waals surface area contributed by atoms with Crippen LogP contribution < -0.4 is 10.1 Å². The molecule has 0 unspecified atom stereocenters. The predicted octanol–water partition coefficient (Wildman–Crippen LogP) is 3.93. The summed E-state index contributed by atoms with van der Waals surface area (Å²) in [6.07, 6.45) is 0. The summed E-state index contributed by atoms with van der Waals surface area (Å²) in [6.45, 7) is 11.8. The summed E-state index contributed by atoms with van der Waals surface area (Å²) in [5.74, 6) is 0.258. The van der Waals surface area contributed by atoms with E-state index in [1.807, 2.05) is 71.0 Å². The number of hydrogen-bond donors (Lipinski definition) is 1. The average molecular weight is 397 g/mol. The third kappa shape index (κ3) is 6.93. The summed E-state index contributed by atoms with van der Waals surface area (Å²) in [4.78, 5) is 27.1. The molecular weight excluding hydrogens is 364 g/mol. The number of carbonyl (C=O) groups is 2. The van der Waals surface area contributed by atoms with E-state index in [-0.39, 0.29) is 24.5 Å². The van der Waals surface area contributed by atoms with Crippen molar-refractivity contribution in [2.24, 2.45) is 0 Å². The van der Waals surface area contributed by atoms with Crippen LogP contribution in [0.3, 0.4) is 0 Å². The van der Waals surface area contributed by atoms with Gasteiger partial charge in [0.1, 0.15) is 11.8 Å². The van der Waals surface area contributed by atoms with Crippen LogP contribution in [0.5, 0.6) is 5.75 Å². The SMILES string of the molecule is Cc1ccc(CN(C(=O)COc2cc(C)cc(C)c2)[C@H](C)C(=O)NC(C)C)cc1. The molecule has 5 nitrogen and oxygen atoms in total. The highest BCUT2D eigenvalue weighted by molar-refractivity contribution is 5.88. The highest BCUT2D eigenvalue weighted by Gasteiger charge is 2.26. The van der Waals surface area contributed by atoms with E-state index < -0.39 is 6.04 Å². The van der Waals surface area contributed by atoms with E-state index in [0.717, 1.165) is 22.3 Å². The van der Waals surface area contributed by atoms with E-state index >= 15 is 0 Å². The lowest BCUT2D eigenvalue weighted by molar-refractivity contribution is -0.142. The molecule has 2 amide bonds. The van der Waals surface area contributed by atoms with E-state index in [9.17, 15) is 9.59 Å². The van der Waals surface area contributed by atoms with Crippen molar-refractivity contribution in [2.45, 2.75) is 60.2 Å². The smallest absolute Gasteiger partial charge is 0.261 e. The topological polar surface area (TPSA) is 58.6 Å². The molecule has 0 aliphatic carbocycles. The van der Waals surface area contributed by atoms with Crippen molar-refractivity contribution in [1.29, 1.82) is 0 Å². The summed E-state index contributed by atoms with van der Waals surface area (Å²) in [7, 11) is 0. The molecule has 0 saturated heterocycles. The molecule has 0 bridgehead atoms. The highest BCUT2D eigenvalue weighted by Crippen LogP contribution is 2.17. The van der Waals surface area contributed by atoms with Gasteiger partial charge in [-0.3, -0.25) is 9.59 Å². The molecule has 0 aliphatic heterocycles. The predicted molar refractivity (Wildman–Crippen MR) is 116 cm³/mol. The largest absolute Gasteiger partial charge is 0.484 e. The monoisotopic (exact) mass is 396 g/mol. The van der Waals surface area contributed by atoms with Gasteiger partial charge in [-0.25, -0.2) is 0 Å². The van der Waals surface area contributed by atoms with Crippen molar-refractivity contribution in [3.05, 3.63) is 64.7 Å². The third-order valence-corrected chi connectivity index (χ3v) is 4.63. The Labute approximate surface area is 174 Å². The lowest BCUT2D eigenvalue weighted by atomic mass is 10.1. The van der Waals surface area contributed by atoms with Gasteiger partial charge in [-0.1, -0.05) is 35.9 Å². The Balaban J connectivity index is 2.16. The second-order valence-electron chi connectivity index (χ2n) is 7.96. The zero-order valence-electron chi connectivity index (χ0n) is 18.3. The van der Waals surface area contributed by atoms with Crippen LogP contribution in [0.25, 0.3) is 0 Å². The van der Waals surface area contributed by atoms with Crippen molar-refractivity contribution < 1.29 is 14.3 Å². The summed E-state index contributed by atoms with van der Waals surface area (Å²) < 4.78 is 5.76. The first-order chi connectivity index (χ1) is 13.7. The van der Waals surface area contributed by atoms with Crippen LogP contribution >= 0.6 is 0 Å². The standard InChI is InChI=1S/C24H32N2O3/c1-16(2)25-24(28)20(6)26(14-21-9-7-17(3)8-10-21)23(27)15-29-22-12-18(4)11-19(5)13-22/h7-13,16,20H,14-15H2,1-6H3,(H,25,28)/t20-/m1/s1. The second kappa shape index (κ2) is 10.1. The second-order valence-corrected chi connectivity index (χ2v) is 7.96. The van der Waals surface area contributed by atoms with Gasteiger partial charge in [0.15, 0.2) is 6.61 Å². The number of amides is 2. The molecule has 0 aliphatic rings. The van der Waals surface area contributed by atoms with E-state index in [2.05, 4.69) is 11.4 Å². The maximum atomic E-state index is 13.0. The number of rotatable bonds is 8. The number of nitrogens with zero attached hydrogens (tertiary/aromatic N) is 1. The van der Waals surface area contributed by atoms with E-state index in [0.29, 0.717) is 12.3 Å². The number of benzene rings is 2. The molecule has 0 fully saturated rings. The van der Waals surface area contributed by atoms with Crippen LogP contribution in [0, 0.1) is 20.8 Å². The first kappa shape index (κ1) is 22.5. The first-order valence-electron chi connectivity index (χ1n) is 10.0. The molecule has 0 radical (unpaired) electrons. The molecular formula is C24H32N2O3. The zero-order valence-corrected chi connectivity index (χ0v) is 18.3. The summed E-state index contributed by atoms with van der Waals surface area (Å²) >= 11 is 0. The molecule has 0 aromatic heterocycles. The molecule has 1 atom stereocenters. The third-order valence-electron chi connectivity index (χ3n) is 4.63. The Kier molecular flexibility index (Phi) is 7.82. The van der Waals surface area contributed by atoms with Gasteiger partial charge >= 0.3 is 0 Å². The van der Waals surface area contributed by atoms with Gasteiger partial charge in [-0.15, -0.1) is 0 Å². The molecule has 0 saturated carbocycles. The number of nitrogens with one attached hydrogen (secondary N) is 1. The molecule has 2 rings (SSSR count). The van der Waals surface area contributed by atoms with Crippen LogP contribution in [0.4, 0.5) is 0 Å². The number of ether oxygens (including phenoxy) is 1. The fourth-order valence-corrected chi connectivity index (χ4v) is 3.12. The Bertz CT molecular complexity index is 823. The fourth-order valence-electron chi connectivity index (χ4n) is 3.12. The number of carbonyl (C=O) groups excluding carboxylic acids is 2. The molecule has 156 valence electrons. The Morgan fingerprint density at radius 2 is 1.52 bits per heavy atom. The van der Waals surface area contributed by atoms with Gasteiger partial charge in [0.2, 0.25) is 5.91 Å². The van der Waals surface area contributed by atoms with Gasteiger partial charge < -0.3 is 15.0 Å². The van der Waals surface area contributed by atoms with Crippen LogP contribution in [-0.2, 0) is 16.1 Å². The van der Waals surface area contributed by atoms with E-state index in [1.165, 1.54) is 0 Å². The van der Waals surface area contributed by atoms with Gasteiger partial charge in [-0.05, 0) is 70.4 Å². The maximum Gasteiger partial charge on any atom is 0.261 e. The van der Waals surface area contributed by atoms with Crippen LogP contribution in [0.1, 0.15) is 43.0 Å². The average Bonchev–Trinajstić information content (AvgIpc) is 2.63. The van der Waals surface area contributed by atoms with Crippen molar-refractivity contribution in [3.8, 4) is 5.75 Å². The lowest BCUT2D eigenvalue weighted by Crippen LogP contribution is -2.50. The molecule has 2 aromatic carbocycles. The van der Waals surface area contributed by atoms with Crippen molar-refractivity contribution in [2.75, 3.05) is 6.61 Å². The minimum Gasteiger partial charge on any atom is -0.484 e. The number of hydrogen-bond acceptors (Lipinski definition) is 3. The normalized spacial score (nSPS) is 11.8. The van der Waals surface area contributed by atoms with Gasteiger partial charge in [0.05, 0.1) is 0 Å². The molecule has 1 N–H and O–H groups in total. The van der Waals surface area contributed by atoms with Gasteiger partial charge in [0, 0.05) is 12.6 Å². The minimum atomic E-state index is -0.603. The molecule has 0 heterocycles. The Morgan fingerprint density at radius 3 is 2.07 bits per heavy atom.